The smallest absolute Gasteiger partial charge is 0.290 e. The van der Waals surface area contributed by atoms with Gasteiger partial charge in [0.15, 0.2) is 5.69 Å². The van der Waals surface area contributed by atoms with Crippen LogP contribution in [0.4, 0.5) is 0 Å². The van der Waals surface area contributed by atoms with Gasteiger partial charge in [-0.3, -0.25) is 25.7 Å². The molecule has 6 nitrogen and oxygen atoms in total. The number of thiophene rings is 1. The third kappa shape index (κ3) is 3.04. The van der Waals surface area contributed by atoms with Crippen molar-refractivity contribution >= 4 is 22.9 Å². The SMILES string of the molecule is C=C(NNC(=O)c1cc(-c2cccs2)[nH]n1)c1ccncc1. The van der Waals surface area contributed by atoms with Gasteiger partial charge in [-0.05, 0) is 29.6 Å². The van der Waals surface area contributed by atoms with Crippen molar-refractivity contribution in [2.45, 2.75) is 0 Å². The van der Waals surface area contributed by atoms with Crippen LogP contribution in [-0.2, 0) is 0 Å². The van der Waals surface area contributed by atoms with Gasteiger partial charge in [-0.1, -0.05) is 12.6 Å². The van der Waals surface area contributed by atoms with E-state index in [0.717, 1.165) is 16.1 Å². The van der Waals surface area contributed by atoms with Gasteiger partial charge < -0.3 is 0 Å². The fourth-order valence-electron chi connectivity index (χ4n) is 1.82. The zero-order valence-electron chi connectivity index (χ0n) is 11.5. The number of aromatic nitrogens is 3. The summed E-state index contributed by atoms with van der Waals surface area (Å²) in [4.78, 5) is 17.0. The summed E-state index contributed by atoms with van der Waals surface area (Å²) in [6, 6.07) is 9.21. The van der Waals surface area contributed by atoms with Gasteiger partial charge in [-0.25, -0.2) is 0 Å². The molecular weight excluding hydrogens is 298 g/mol. The van der Waals surface area contributed by atoms with Gasteiger partial charge in [-0.15, -0.1) is 11.3 Å². The van der Waals surface area contributed by atoms with E-state index in [1.165, 1.54) is 0 Å². The summed E-state index contributed by atoms with van der Waals surface area (Å²) in [6.07, 6.45) is 3.32. The first-order valence-electron chi connectivity index (χ1n) is 6.49. The molecule has 3 heterocycles. The molecule has 0 bridgehead atoms. The molecule has 0 aliphatic carbocycles. The van der Waals surface area contributed by atoms with Crippen molar-refractivity contribution in [3.05, 3.63) is 65.9 Å². The van der Waals surface area contributed by atoms with E-state index in [4.69, 9.17) is 0 Å². The van der Waals surface area contributed by atoms with Crippen LogP contribution in [0.3, 0.4) is 0 Å². The average molecular weight is 311 g/mol. The largest absolute Gasteiger partial charge is 0.298 e. The van der Waals surface area contributed by atoms with Crippen molar-refractivity contribution in [3.63, 3.8) is 0 Å². The lowest BCUT2D eigenvalue weighted by molar-refractivity contribution is 0.0937. The molecule has 3 aromatic rings. The van der Waals surface area contributed by atoms with Gasteiger partial charge in [0.05, 0.1) is 16.3 Å². The van der Waals surface area contributed by atoms with Crippen LogP contribution < -0.4 is 10.9 Å². The van der Waals surface area contributed by atoms with Crippen molar-refractivity contribution in [1.82, 2.24) is 26.0 Å². The van der Waals surface area contributed by atoms with E-state index < -0.39 is 0 Å². The highest BCUT2D eigenvalue weighted by atomic mass is 32.1. The van der Waals surface area contributed by atoms with Crippen molar-refractivity contribution in [2.24, 2.45) is 0 Å². The maximum atomic E-state index is 12.1. The molecule has 0 aliphatic heterocycles. The summed E-state index contributed by atoms with van der Waals surface area (Å²) in [6.45, 7) is 3.86. The Bertz CT molecular complexity index is 779. The Hall–Kier alpha value is -2.93. The number of carbonyl (C=O) groups is 1. The molecule has 0 saturated heterocycles. The standard InChI is InChI=1S/C15H13N5OS/c1-10(11-4-6-16-7-5-11)17-20-15(21)13-9-12(18-19-13)14-3-2-8-22-14/h2-9,17H,1H2,(H,18,19)(H,20,21). The maximum absolute atomic E-state index is 12.1. The van der Waals surface area contributed by atoms with E-state index in [9.17, 15) is 4.79 Å². The quantitative estimate of drug-likeness (QED) is 0.632. The van der Waals surface area contributed by atoms with Crippen LogP contribution >= 0.6 is 11.3 Å². The molecule has 1 amide bonds. The summed E-state index contributed by atoms with van der Waals surface area (Å²) < 4.78 is 0. The average Bonchev–Trinajstić information content (AvgIpc) is 3.23. The highest BCUT2D eigenvalue weighted by molar-refractivity contribution is 7.13. The Kier molecular flexibility index (Phi) is 3.97. The van der Waals surface area contributed by atoms with E-state index >= 15 is 0 Å². The topological polar surface area (TPSA) is 82.7 Å². The molecule has 0 unspecified atom stereocenters. The molecule has 3 rings (SSSR count). The number of H-pyrrole nitrogens is 1. The predicted octanol–water partition coefficient (Wildman–Crippen LogP) is 2.44. The minimum absolute atomic E-state index is 0.304. The lowest BCUT2D eigenvalue weighted by Crippen LogP contribution is -2.36. The number of amides is 1. The van der Waals surface area contributed by atoms with E-state index in [2.05, 4.69) is 32.6 Å². The van der Waals surface area contributed by atoms with Gasteiger partial charge in [0.2, 0.25) is 0 Å². The fraction of sp³-hybridized carbons (Fsp3) is 0. The number of rotatable bonds is 5. The van der Waals surface area contributed by atoms with Gasteiger partial charge in [0.1, 0.15) is 0 Å². The zero-order valence-corrected chi connectivity index (χ0v) is 12.4. The summed E-state index contributed by atoms with van der Waals surface area (Å²) in [5.74, 6) is -0.339. The number of carbonyl (C=O) groups excluding carboxylic acids is 1. The molecule has 7 heteroatoms. The summed E-state index contributed by atoms with van der Waals surface area (Å²) >= 11 is 1.58. The molecule has 0 atom stereocenters. The van der Waals surface area contributed by atoms with Crippen LogP contribution in [0.1, 0.15) is 16.1 Å². The summed E-state index contributed by atoms with van der Waals surface area (Å²) in [5, 5.41) is 8.83. The Balaban J connectivity index is 1.62. The maximum Gasteiger partial charge on any atom is 0.290 e. The Morgan fingerprint density at radius 2 is 2.05 bits per heavy atom. The first-order chi connectivity index (χ1) is 10.7. The lowest BCUT2D eigenvalue weighted by Gasteiger charge is -2.09. The minimum Gasteiger partial charge on any atom is -0.298 e. The van der Waals surface area contributed by atoms with Gasteiger partial charge in [0.25, 0.3) is 5.91 Å². The van der Waals surface area contributed by atoms with Crippen LogP contribution in [0.15, 0.2) is 54.7 Å². The monoisotopic (exact) mass is 311 g/mol. The first kappa shape index (κ1) is 14.0. The van der Waals surface area contributed by atoms with Gasteiger partial charge in [-0.2, -0.15) is 5.10 Å². The number of hydrogen-bond donors (Lipinski definition) is 3. The van der Waals surface area contributed by atoms with Crippen LogP contribution in [0.5, 0.6) is 0 Å². The normalized spacial score (nSPS) is 10.2. The molecule has 22 heavy (non-hydrogen) atoms. The van der Waals surface area contributed by atoms with Crippen molar-refractivity contribution < 1.29 is 4.79 Å². The molecular formula is C15H13N5OS. The number of hydrazine groups is 1. The molecule has 0 aromatic carbocycles. The number of nitrogens with one attached hydrogen (secondary N) is 3. The number of aromatic amines is 1. The first-order valence-corrected chi connectivity index (χ1v) is 7.37. The van der Waals surface area contributed by atoms with Crippen molar-refractivity contribution in [1.29, 1.82) is 0 Å². The highest BCUT2D eigenvalue weighted by Crippen LogP contribution is 2.22. The summed E-state index contributed by atoms with van der Waals surface area (Å²) in [7, 11) is 0. The third-order valence-electron chi connectivity index (χ3n) is 2.95. The van der Waals surface area contributed by atoms with Crippen LogP contribution in [-0.4, -0.2) is 21.1 Å². The highest BCUT2D eigenvalue weighted by Gasteiger charge is 2.12. The van der Waals surface area contributed by atoms with Gasteiger partial charge in [0, 0.05) is 18.0 Å². The van der Waals surface area contributed by atoms with Crippen LogP contribution in [0, 0.1) is 0 Å². The molecule has 110 valence electrons. The number of pyridine rings is 1. The Labute approximate surface area is 130 Å². The zero-order chi connectivity index (χ0) is 15.4. The predicted molar refractivity (Wildman–Crippen MR) is 85.8 cm³/mol. The van der Waals surface area contributed by atoms with Gasteiger partial charge >= 0.3 is 0 Å². The van der Waals surface area contributed by atoms with E-state index in [1.807, 2.05) is 17.5 Å². The summed E-state index contributed by atoms with van der Waals surface area (Å²) in [5.41, 5.74) is 7.87. The van der Waals surface area contributed by atoms with E-state index in [0.29, 0.717) is 11.4 Å². The van der Waals surface area contributed by atoms with Crippen molar-refractivity contribution in [3.8, 4) is 10.6 Å². The molecule has 3 aromatic heterocycles. The van der Waals surface area contributed by atoms with Crippen molar-refractivity contribution in [2.75, 3.05) is 0 Å². The molecule has 0 fully saturated rings. The Morgan fingerprint density at radius 1 is 1.23 bits per heavy atom. The molecule has 0 radical (unpaired) electrons. The van der Waals surface area contributed by atoms with E-state index in [-0.39, 0.29) is 5.91 Å². The number of hydrogen-bond acceptors (Lipinski definition) is 5. The second-order valence-corrected chi connectivity index (χ2v) is 5.39. The van der Waals surface area contributed by atoms with E-state index in [1.54, 1.807) is 41.9 Å². The Morgan fingerprint density at radius 3 is 2.77 bits per heavy atom. The third-order valence-corrected chi connectivity index (χ3v) is 3.86. The molecule has 0 spiro atoms. The minimum atomic E-state index is -0.339. The van der Waals surface area contributed by atoms with Crippen LogP contribution in [0.2, 0.25) is 0 Å². The molecule has 0 aliphatic rings. The molecule has 0 saturated carbocycles. The number of nitrogens with zero attached hydrogens (tertiary/aromatic N) is 2. The molecule has 3 N–H and O–H groups in total. The second kappa shape index (κ2) is 6.23. The second-order valence-electron chi connectivity index (χ2n) is 4.44. The van der Waals surface area contributed by atoms with Crippen LogP contribution in [0.25, 0.3) is 16.3 Å². The lowest BCUT2D eigenvalue weighted by atomic mass is 10.2. The fourth-order valence-corrected chi connectivity index (χ4v) is 2.51.